The van der Waals surface area contributed by atoms with Crippen LogP contribution >= 0.6 is 0 Å². The minimum atomic E-state index is -0.711. The summed E-state index contributed by atoms with van der Waals surface area (Å²) in [5.74, 6) is 0.0603. The van der Waals surface area contributed by atoms with E-state index in [0.29, 0.717) is 12.3 Å². The monoisotopic (exact) mass is 470 g/mol. The number of hydrogen-bond acceptors (Lipinski definition) is 3. The number of ketones is 1. The third-order valence-corrected chi connectivity index (χ3v) is 13.1. The largest absolute Gasteiger partial charge is 0.481 e. The molecule has 0 heterocycles. The molecule has 2 N–H and O–H groups in total. The molecule has 5 aliphatic rings. The van der Waals surface area contributed by atoms with E-state index in [4.69, 9.17) is 0 Å². The number of fused-ring (bicyclic) bond motifs is 7. The summed E-state index contributed by atoms with van der Waals surface area (Å²) in [5.41, 5.74) is 0.142. The van der Waals surface area contributed by atoms with Crippen molar-refractivity contribution in [1.29, 1.82) is 0 Å². The number of carboxylic acid groups (broad SMARTS) is 1. The first-order valence-electron chi connectivity index (χ1n) is 13.7. The van der Waals surface area contributed by atoms with Gasteiger partial charge in [-0.3, -0.25) is 9.59 Å². The summed E-state index contributed by atoms with van der Waals surface area (Å²) in [7, 11) is 0. The maximum Gasteiger partial charge on any atom is 0.309 e. The highest BCUT2D eigenvalue weighted by atomic mass is 16.4. The van der Waals surface area contributed by atoms with Gasteiger partial charge < -0.3 is 10.2 Å². The highest BCUT2D eigenvalue weighted by Gasteiger charge is 2.70. The minimum absolute atomic E-state index is 0.0296. The lowest BCUT2D eigenvalue weighted by molar-refractivity contribution is -0.202. The number of allylic oxidation sites excluding steroid dienone is 2. The summed E-state index contributed by atoms with van der Waals surface area (Å²) in [4.78, 5) is 26.4. The van der Waals surface area contributed by atoms with Crippen molar-refractivity contribution in [3.05, 3.63) is 11.6 Å². The molecule has 0 aromatic rings. The average molecular weight is 471 g/mol. The minimum Gasteiger partial charge on any atom is -0.481 e. The molecule has 0 amide bonds. The molecule has 0 aromatic carbocycles. The van der Waals surface area contributed by atoms with Gasteiger partial charge >= 0.3 is 5.97 Å². The summed E-state index contributed by atoms with van der Waals surface area (Å²) in [6.45, 7) is 15.8. The van der Waals surface area contributed by atoms with Crippen LogP contribution in [0.1, 0.15) is 106 Å². The van der Waals surface area contributed by atoms with Crippen LogP contribution in [0, 0.1) is 50.2 Å². The molecule has 190 valence electrons. The lowest BCUT2D eigenvalue weighted by atomic mass is 9.33. The smallest absolute Gasteiger partial charge is 0.309 e. The van der Waals surface area contributed by atoms with Crippen molar-refractivity contribution >= 4 is 11.8 Å². The van der Waals surface area contributed by atoms with Gasteiger partial charge in [0.1, 0.15) is 0 Å². The molecule has 0 spiro atoms. The van der Waals surface area contributed by atoms with Crippen molar-refractivity contribution in [2.45, 2.75) is 112 Å². The SMILES string of the molecule is CC1(C)[C@@H](O)CC[C@@]2(C)[C@H]1CC[C@@]1(C)[C@H]2C(=O)C=C2[C@@H]3C[C@@](C)(C(=O)O)CC[C@@]3(C)CC[C@@]21C. The number of hydrogen-bond donors (Lipinski definition) is 2. The van der Waals surface area contributed by atoms with E-state index in [2.05, 4.69) is 41.5 Å². The molecule has 34 heavy (non-hydrogen) atoms. The molecular formula is C30H46O4. The van der Waals surface area contributed by atoms with E-state index >= 15 is 0 Å². The van der Waals surface area contributed by atoms with Crippen molar-refractivity contribution in [2.24, 2.45) is 50.2 Å². The number of carbonyl (C=O) groups excluding carboxylic acids is 1. The molecule has 0 aliphatic heterocycles. The van der Waals surface area contributed by atoms with E-state index < -0.39 is 11.4 Å². The zero-order valence-electron chi connectivity index (χ0n) is 22.5. The third kappa shape index (κ3) is 2.81. The highest BCUT2D eigenvalue weighted by molar-refractivity contribution is 5.95. The van der Waals surface area contributed by atoms with E-state index in [1.807, 2.05) is 13.0 Å². The first-order valence-corrected chi connectivity index (χ1v) is 13.7. The Hall–Kier alpha value is -1.16. The number of aliphatic carboxylic acids is 1. The summed E-state index contributed by atoms with van der Waals surface area (Å²) >= 11 is 0. The second kappa shape index (κ2) is 6.99. The molecular weight excluding hydrogens is 424 g/mol. The normalized spacial score (nSPS) is 54.1. The lowest BCUT2D eigenvalue weighted by Crippen LogP contribution is -2.66. The van der Waals surface area contributed by atoms with Gasteiger partial charge in [-0.15, -0.1) is 0 Å². The summed E-state index contributed by atoms with van der Waals surface area (Å²) < 4.78 is 0. The van der Waals surface area contributed by atoms with E-state index in [1.54, 1.807) is 0 Å². The quantitative estimate of drug-likeness (QED) is 0.464. The Morgan fingerprint density at radius 1 is 0.912 bits per heavy atom. The van der Waals surface area contributed by atoms with Crippen molar-refractivity contribution < 1.29 is 19.8 Å². The fourth-order valence-electron chi connectivity index (χ4n) is 10.4. The Kier molecular flexibility index (Phi) is 5.04. The van der Waals surface area contributed by atoms with Crippen LogP contribution in [0.4, 0.5) is 0 Å². The van der Waals surface area contributed by atoms with Crippen molar-refractivity contribution in [2.75, 3.05) is 0 Å². The molecule has 5 aliphatic carbocycles. The number of rotatable bonds is 1. The van der Waals surface area contributed by atoms with Crippen molar-refractivity contribution in [3.63, 3.8) is 0 Å². The van der Waals surface area contributed by atoms with Gasteiger partial charge in [-0.05, 0) is 110 Å². The summed E-state index contributed by atoms with van der Waals surface area (Å²) in [6, 6.07) is 0. The number of aliphatic hydroxyl groups excluding tert-OH is 1. The molecule has 4 heteroatoms. The molecule has 0 aromatic heterocycles. The molecule has 0 radical (unpaired) electrons. The summed E-state index contributed by atoms with van der Waals surface area (Å²) in [5, 5.41) is 20.9. The Morgan fingerprint density at radius 3 is 2.21 bits per heavy atom. The van der Waals surface area contributed by atoms with Crippen LogP contribution < -0.4 is 0 Å². The van der Waals surface area contributed by atoms with E-state index in [9.17, 15) is 19.8 Å². The van der Waals surface area contributed by atoms with Gasteiger partial charge in [-0.25, -0.2) is 0 Å². The topological polar surface area (TPSA) is 74.6 Å². The zero-order valence-corrected chi connectivity index (χ0v) is 22.5. The molecule has 5 rings (SSSR count). The van der Waals surface area contributed by atoms with E-state index in [-0.39, 0.29) is 50.8 Å². The predicted molar refractivity (Wildman–Crippen MR) is 133 cm³/mol. The molecule has 0 saturated heterocycles. The van der Waals surface area contributed by atoms with Crippen LogP contribution in [0.2, 0.25) is 0 Å². The molecule has 0 bridgehead atoms. The van der Waals surface area contributed by atoms with Crippen LogP contribution in [0.15, 0.2) is 11.6 Å². The molecule has 4 fully saturated rings. The Morgan fingerprint density at radius 2 is 1.56 bits per heavy atom. The van der Waals surface area contributed by atoms with Crippen molar-refractivity contribution in [3.8, 4) is 0 Å². The molecule has 4 saturated carbocycles. The van der Waals surface area contributed by atoms with Crippen molar-refractivity contribution in [1.82, 2.24) is 0 Å². The van der Waals surface area contributed by atoms with Crippen LogP contribution in [-0.2, 0) is 9.59 Å². The Labute approximate surface area is 206 Å². The van der Waals surface area contributed by atoms with E-state index in [1.165, 1.54) is 5.57 Å². The van der Waals surface area contributed by atoms with Gasteiger partial charge in [-0.2, -0.15) is 0 Å². The van der Waals surface area contributed by atoms with Crippen LogP contribution in [-0.4, -0.2) is 28.1 Å². The third-order valence-electron chi connectivity index (χ3n) is 13.1. The lowest BCUT2D eigenvalue weighted by Gasteiger charge is -2.70. The number of carboxylic acids is 1. The second-order valence-corrected chi connectivity index (χ2v) is 14.9. The fraction of sp³-hybridized carbons (Fsp3) is 0.867. The summed E-state index contributed by atoms with van der Waals surface area (Å²) in [6.07, 6.45) is 9.95. The maximum atomic E-state index is 14.2. The fourth-order valence-corrected chi connectivity index (χ4v) is 10.4. The first-order chi connectivity index (χ1) is 15.6. The Bertz CT molecular complexity index is 965. The van der Waals surface area contributed by atoms with Gasteiger partial charge in [0, 0.05) is 5.92 Å². The van der Waals surface area contributed by atoms with Crippen LogP contribution in [0.3, 0.4) is 0 Å². The number of carbonyl (C=O) groups is 2. The number of aliphatic hydroxyl groups is 1. The zero-order chi connectivity index (χ0) is 25.1. The Balaban J connectivity index is 1.62. The molecule has 0 unspecified atom stereocenters. The van der Waals surface area contributed by atoms with Crippen LogP contribution in [0.25, 0.3) is 0 Å². The van der Waals surface area contributed by atoms with Gasteiger partial charge in [0.25, 0.3) is 0 Å². The maximum absolute atomic E-state index is 14.2. The van der Waals surface area contributed by atoms with Gasteiger partial charge in [0.05, 0.1) is 11.5 Å². The highest BCUT2D eigenvalue weighted by Crippen LogP contribution is 2.75. The van der Waals surface area contributed by atoms with E-state index in [0.717, 1.165) is 51.4 Å². The second-order valence-electron chi connectivity index (χ2n) is 14.9. The van der Waals surface area contributed by atoms with Gasteiger partial charge in [0.2, 0.25) is 0 Å². The van der Waals surface area contributed by atoms with Gasteiger partial charge in [0.15, 0.2) is 5.78 Å². The predicted octanol–water partition coefficient (Wildman–Crippen LogP) is 6.41. The molecule has 4 nitrogen and oxygen atoms in total. The molecule has 9 atom stereocenters. The van der Waals surface area contributed by atoms with Gasteiger partial charge in [-0.1, -0.05) is 47.1 Å². The average Bonchev–Trinajstić information content (AvgIpc) is 2.73. The first kappa shape index (κ1) is 24.5. The standard InChI is InChI=1S/C30H46O4/c1-25(2)21-8-11-30(7)23(28(21,5)10-9-22(25)32)20(31)16-18-19-17-27(4,24(33)34)13-12-26(19,3)14-15-29(18,30)6/h16,19,21-23,32H,8-15,17H2,1-7H3,(H,33,34)/t19-,21-,22-,23-,26-,27-,28-,29-,30-/m0/s1. The van der Waals surface area contributed by atoms with Crippen LogP contribution in [0.5, 0.6) is 0 Å².